The number of anilines is 1. The molecule has 1 rings (SSSR count). The number of carbonyl (C=O) groups is 1. The summed E-state index contributed by atoms with van der Waals surface area (Å²) in [4.78, 5) is 11.7. The first-order chi connectivity index (χ1) is 10.1. The van der Waals surface area contributed by atoms with Crippen molar-refractivity contribution in [1.82, 2.24) is 5.32 Å². The van der Waals surface area contributed by atoms with E-state index in [-0.39, 0.29) is 12.1 Å². The number of hydrogen-bond donors (Lipinski definition) is 2. The molecular weight excluding hydrogens is 296 g/mol. The summed E-state index contributed by atoms with van der Waals surface area (Å²) in [6, 6.07) is 4.65. The van der Waals surface area contributed by atoms with E-state index in [2.05, 4.69) is 10.6 Å². The van der Waals surface area contributed by atoms with E-state index in [1.807, 2.05) is 6.92 Å². The zero-order valence-corrected chi connectivity index (χ0v) is 13.2. The SMILES string of the molecule is COCCOc1ccc(NC(=O)NC(C)COC)cc1Cl. The topological polar surface area (TPSA) is 68.8 Å². The summed E-state index contributed by atoms with van der Waals surface area (Å²) in [5.74, 6) is 0.549. The molecule has 1 atom stereocenters. The maximum absolute atomic E-state index is 11.7. The smallest absolute Gasteiger partial charge is 0.319 e. The van der Waals surface area contributed by atoms with Gasteiger partial charge in [0.25, 0.3) is 0 Å². The van der Waals surface area contributed by atoms with E-state index in [1.54, 1.807) is 32.4 Å². The first-order valence-electron chi connectivity index (χ1n) is 6.54. The van der Waals surface area contributed by atoms with Crippen LogP contribution in [0.15, 0.2) is 18.2 Å². The number of halogens is 1. The number of amides is 2. The summed E-state index contributed by atoms with van der Waals surface area (Å²) in [5, 5.41) is 5.86. The Hall–Kier alpha value is -1.50. The number of nitrogens with one attached hydrogen (secondary N) is 2. The van der Waals surface area contributed by atoms with Crippen molar-refractivity contribution in [2.75, 3.05) is 39.4 Å². The third kappa shape index (κ3) is 6.66. The van der Waals surface area contributed by atoms with Crippen molar-refractivity contribution in [3.8, 4) is 5.75 Å². The predicted octanol–water partition coefficient (Wildman–Crippen LogP) is 2.52. The second-order valence-electron chi connectivity index (χ2n) is 4.44. The summed E-state index contributed by atoms with van der Waals surface area (Å²) in [6.45, 7) is 3.19. The van der Waals surface area contributed by atoms with Gasteiger partial charge in [-0.3, -0.25) is 0 Å². The molecule has 1 aromatic carbocycles. The van der Waals surface area contributed by atoms with Gasteiger partial charge in [0.2, 0.25) is 0 Å². The van der Waals surface area contributed by atoms with Crippen LogP contribution < -0.4 is 15.4 Å². The molecule has 21 heavy (non-hydrogen) atoms. The minimum atomic E-state index is -0.316. The monoisotopic (exact) mass is 316 g/mol. The predicted molar refractivity (Wildman–Crippen MR) is 82.3 cm³/mol. The normalized spacial score (nSPS) is 11.8. The van der Waals surface area contributed by atoms with Gasteiger partial charge in [0.05, 0.1) is 24.3 Å². The van der Waals surface area contributed by atoms with Crippen LogP contribution >= 0.6 is 11.6 Å². The number of benzene rings is 1. The largest absolute Gasteiger partial charge is 0.490 e. The molecule has 0 saturated heterocycles. The highest BCUT2D eigenvalue weighted by atomic mass is 35.5. The average molecular weight is 317 g/mol. The number of rotatable bonds is 8. The molecule has 0 fully saturated rings. The summed E-state index contributed by atoms with van der Waals surface area (Å²) in [5.41, 5.74) is 0.584. The zero-order chi connectivity index (χ0) is 15.7. The molecule has 2 amide bonds. The molecule has 0 saturated carbocycles. The van der Waals surface area contributed by atoms with Gasteiger partial charge in [-0.25, -0.2) is 4.79 Å². The van der Waals surface area contributed by atoms with Gasteiger partial charge in [-0.05, 0) is 25.1 Å². The number of ether oxygens (including phenoxy) is 3. The molecule has 0 spiro atoms. The van der Waals surface area contributed by atoms with E-state index >= 15 is 0 Å². The van der Waals surface area contributed by atoms with Gasteiger partial charge in [0, 0.05) is 19.9 Å². The molecule has 0 heterocycles. The first-order valence-corrected chi connectivity index (χ1v) is 6.92. The van der Waals surface area contributed by atoms with Crippen molar-refractivity contribution < 1.29 is 19.0 Å². The van der Waals surface area contributed by atoms with Crippen LogP contribution in [0.1, 0.15) is 6.92 Å². The molecule has 1 unspecified atom stereocenters. The van der Waals surface area contributed by atoms with Gasteiger partial charge in [0.15, 0.2) is 0 Å². The molecule has 118 valence electrons. The van der Waals surface area contributed by atoms with Gasteiger partial charge in [-0.1, -0.05) is 11.6 Å². The summed E-state index contributed by atoms with van der Waals surface area (Å²) < 4.78 is 15.3. The lowest BCUT2D eigenvalue weighted by Crippen LogP contribution is -2.38. The number of methoxy groups -OCH3 is 2. The lowest BCUT2D eigenvalue weighted by atomic mass is 10.3. The van der Waals surface area contributed by atoms with Gasteiger partial charge in [-0.15, -0.1) is 0 Å². The van der Waals surface area contributed by atoms with E-state index in [0.29, 0.717) is 36.3 Å². The number of urea groups is 1. The Morgan fingerprint density at radius 1 is 1.29 bits per heavy atom. The maximum atomic E-state index is 11.7. The maximum Gasteiger partial charge on any atom is 0.319 e. The quantitative estimate of drug-likeness (QED) is 0.723. The Labute approximate surface area is 129 Å². The highest BCUT2D eigenvalue weighted by Crippen LogP contribution is 2.27. The lowest BCUT2D eigenvalue weighted by Gasteiger charge is -2.14. The fourth-order valence-corrected chi connectivity index (χ4v) is 1.85. The highest BCUT2D eigenvalue weighted by molar-refractivity contribution is 6.32. The average Bonchev–Trinajstić information content (AvgIpc) is 2.41. The third-order valence-corrected chi connectivity index (χ3v) is 2.82. The minimum Gasteiger partial charge on any atom is -0.490 e. The minimum absolute atomic E-state index is 0.0814. The number of hydrogen-bond acceptors (Lipinski definition) is 4. The van der Waals surface area contributed by atoms with E-state index < -0.39 is 0 Å². The van der Waals surface area contributed by atoms with Crippen molar-refractivity contribution in [2.24, 2.45) is 0 Å². The van der Waals surface area contributed by atoms with Crippen LogP contribution in [0.3, 0.4) is 0 Å². The fraction of sp³-hybridized carbons (Fsp3) is 0.500. The Kier molecular flexibility index (Phi) is 7.89. The van der Waals surface area contributed by atoms with Crippen LogP contribution in [-0.4, -0.2) is 46.1 Å². The Balaban J connectivity index is 2.52. The van der Waals surface area contributed by atoms with Crippen LogP contribution in [0.25, 0.3) is 0 Å². The number of carbonyl (C=O) groups excluding carboxylic acids is 1. The molecule has 0 radical (unpaired) electrons. The second-order valence-corrected chi connectivity index (χ2v) is 4.85. The van der Waals surface area contributed by atoms with Gasteiger partial charge < -0.3 is 24.8 Å². The third-order valence-electron chi connectivity index (χ3n) is 2.53. The van der Waals surface area contributed by atoms with E-state index in [9.17, 15) is 4.79 Å². The zero-order valence-electron chi connectivity index (χ0n) is 12.4. The standard InChI is InChI=1S/C14H21ClN2O4/c1-10(9-20-3)16-14(18)17-11-4-5-13(12(15)8-11)21-7-6-19-2/h4-5,8,10H,6-7,9H2,1-3H3,(H2,16,17,18). The van der Waals surface area contributed by atoms with E-state index in [4.69, 9.17) is 25.8 Å². The molecule has 7 heteroatoms. The van der Waals surface area contributed by atoms with E-state index in [1.165, 1.54) is 0 Å². The fourth-order valence-electron chi connectivity index (χ4n) is 1.61. The van der Waals surface area contributed by atoms with Crippen molar-refractivity contribution in [3.05, 3.63) is 23.2 Å². The van der Waals surface area contributed by atoms with E-state index in [0.717, 1.165) is 0 Å². The molecule has 0 aliphatic heterocycles. The van der Waals surface area contributed by atoms with Gasteiger partial charge in [-0.2, -0.15) is 0 Å². The Morgan fingerprint density at radius 2 is 2.05 bits per heavy atom. The van der Waals surface area contributed by atoms with Crippen LogP contribution in [0.4, 0.5) is 10.5 Å². The Morgan fingerprint density at radius 3 is 2.67 bits per heavy atom. The van der Waals surface area contributed by atoms with Crippen molar-refractivity contribution in [3.63, 3.8) is 0 Å². The molecule has 0 aromatic heterocycles. The summed E-state index contributed by atoms with van der Waals surface area (Å²) >= 11 is 6.09. The van der Waals surface area contributed by atoms with Crippen LogP contribution in [0.5, 0.6) is 5.75 Å². The van der Waals surface area contributed by atoms with Gasteiger partial charge >= 0.3 is 6.03 Å². The molecular formula is C14H21ClN2O4. The summed E-state index contributed by atoms with van der Waals surface area (Å²) in [6.07, 6.45) is 0. The molecule has 0 bridgehead atoms. The molecule has 1 aromatic rings. The highest BCUT2D eigenvalue weighted by Gasteiger charge is 2.09. The summed E-state index contributed by atoms with van der Waals surface area (Å²) in [7, 11) is 3.18. The lowest BCUT2D eigenvalue weighted by molar-refractivity contribution is 0.146. The van der Waals surface area contributed by atoms with Crippen LogP contribution in [-0.2, 0) is 9.47 Å². The van der Waals surface area contributed by atoms with Crippen LogP contribution in [0.2, 0.25) is 5.02 Å². The Bertz CT molecular complexity index is 457. The van der Waals surface area contributed by atoms with Crippen molar-refractivity contribution in [2.45, 2.75) is 13.0 Å². The van der Waals surface area contributed by atoms with Crippen molar-refractivity contribution in [1.29, 1.82) is 0 Å². The molecule has 0 aliphatic carbocycles. The second kappa shape index (κ2) is 9.44. The molecule has 2 N–H and O–H groups in total. The molecule has 6 nitrogen and oxygen atoms in total. The van der Waals surface area contributed by atoms with Crippen molar-refractivity contribution >= 4 is 23.3 Å². The van der Waals surface area contributed by atoms with Crippen LogP contribution in [0, 0.1) is 0 Å². The first kappa shape index (κ1) is 17.6. The van der Waals surface area contributed by atoms with Gasteiger partial charge in [0.1, 0.15) is 12.4 Å². The molecule has 0 aliphatic rings.